The van der Waals surface area contributed by atoms with E-state index in [0.717, 1.165) is 12.1 Å². The van der Waals surface area contributed by atoms with E-state index < -0.39 is 126 Å². The highest BCUT2D eigenvalue weighted by Gasteiger charge is 2.52. The van der Waals surface area contributed by atoms with Crippen molar-refractivity contribution in [2.75, 3.05) is 13.2 Å². The maximum atomic E-state index is 13.3. The Morgan fingerprint density at radius 1 is 0.812 bits per heavy atom. The van der Waals surface area contributed by atoms with Gasteiger partial charge >= 0.3 is 11.9 Å². The summed E-state index contributed by atoms with van der Waals surface area (Å²) < 4.78 is 27.9. The fraction of sp³-hybridized carbons (Fsp3) is 0.433. The van der Waals surface area contributed by atoms with Crippen LogP contribution in [0.5, 0.6) is 17.2 Å². The molecule has 18 heteroatoms. The molecule has 18 nitrogen and oxygen atoms in total. The van der Waals surface area contributed by atoms with Crippen molar-refractivity contribution in [2.45, 2.75) is 67.6 Å². The fourth-order valence-corrected chi connectivity index (χ4v) is 5.51. The first-order valence-corrected chi connectivity index (χ1v) is 14.4. The van der Waals surface area contributed by atoms with Gasteiger partial charge in [0.15, 0.2) is 17.3 Å². The molecule has 0 bridgehead atoms. The number of esters is 1. The first-order valence-electron chi connectivity index (χ1n) is 14.4. The quantitative estimate of drug-likeness (QED) is 0.0858. The maximum absolute atomic E-state index is 13.3. The minimum Gasteiger partial charge on any atom is -0.508 e. The van der Waals surface area contributed by atoms with Gasteiger partial charge in [-0.05, 0) is 24.3 Å². The number of aliphatic hydroxyl groups is 6. The number of hydrogen-bond acceptors (Lipinski definition) is 17. The molecule has 0 unspecified atom stereocenters. The van der Waals surface area contributed by atoms with Crippen molar-refractivity contribution in [3.63, 3.8) is 0 Å². The van der Waals surface area contributed by atoms with Gasteiger partial charge in [0, 0.05) is 17.7 Å². The smallest absolute Gasteiger partial charge is 0.317 e. The number of carboxylic acids is 1. The first kappa shape index (κ1) is 35.0. The summed E-state index contributed by atoms with van der Waals surface area (Å²) in [5.41, 5.74) is -1.54. The number of hydrogen-bond donors (Lipinski definition) is 10. The molecule has 2 aromatic carbocycles. The molecule has 2 aliphatic heterocycles. The van der Waals surface area contributed by atoms with Gasteiger partial charge in [-0.3, -0.25) is 14.4 Å². The predicted octanol–water partition coefficient (Wildman–Crippen LogP) is -2.06. The van der Waals surface area contributed by atoms with Crippen molar-refractivity contribution >= 4 is 22.9 Å². The molecule has 2 fully saturated rings. The van der Waals surface area contributed by atoms with Gasteiger partial charge in [-0.1, -0.05) is 0 Å². The number of ether oxygens (including phenoxy) is 4. The maximum Gasteiger partial charge on any atom is 0.317 e. The fourth-order valence-electron chi connectivity index (χ4n) is 5.51. The number of rotatable bonds is 9. The second-order valence-electron chi connectivity index (χ2n) is 11.2. The van der Waals surface area contributed by atoms with Crippen LogP contribution in [0.4, 0.5) is 0 Å². The number of fused-ring (bicyclic) bond motifs is 1. The zero-order chi connectivity index (χ0) is 35.0. The molecule has 10 atom stereocenters. The molecule has 0 aliphatic carbocycles. The molecule has 3 aromatic rings. The lowest BCUT2D eigenvalue weighted by Crippen LogP contribution is -2.62. The standard InChI is InChI=1S/C30H32O18/c31-8-16-22(39)24(41)26(43)30(47-16)48-29-25(42)23(40)17(9-44-19(38)7-18(36)37)46-28(29)21-13(34)5-12(33)20-14(35)6-15(45-27(20)21)10-1-3-11(32)4-2-10/h1-6,16-17,22-26,28-34,39-43H,7-9H2,(H,36,37)/t16-,17-,22-,23-,24+,25+,26-,28+,29-,30+/m1/s1. The molecule has 0 spiro atoms. The third kappa shape index (κ3) is 6.79. The molecule has 2 aliphatic rings. The average molecular weight is 681 g/mol. The topological polar surface area (TPSA) is 304 Å². The number of phenolic OH excluding ortho intramolecular Hbond substituents is 3. The summed E-state index contributed by atoms with van der Waals surface area (Å²) in [6, 6.07) is 7.15. The summed E-state index contributed by atoms with van der Waals surface area (Å²) in [5.74, 6) is -4.52. The first-order chi connectivity index (χ1) is 22.7. The van der Waals surface area contributed by atoms with Crippen LogP contribution >= 0.6 is 0 Å². The molecule has 260 valence electrons. The molecule has 48 heavy (non-hydrogen) atoms. The van der Waals surface area contributed by atoms with Crippen LogP contribution in [0.15, 0.2) is 45.6 Å². The SMILES string of the molecule is O=C(O)CC(=O)OC[C@H]1O[C@@H](c2c(O)cc(O)c3c(=O)cc(-c4ccc(O)cc4)oc23)[C@H](O[C@@H]2O[C@H](CO)[C@@H](O)[C@H](O)[C@H]2O)[C@@H](O)[C@@H]1O. The van der Waals surface area contributed by atoms with Crippen molar-refractivity contribution < 1.29 is 84.0 Å². The normalized spacial score (nSPS) is 30.6. The monoisotopic (exact) mass is 680 g/mol. The second-order valence-corrected chi connectivity index (χ2v) is 11.2. The Hall–Kier alpha value is -4.37. The number of carbonyl (C=O) groups excluding carboxylic acids is 1. The summed E-state index contributed by atoms with van der Waals surface area (Å²) in [5, 5.41) is 103. The number of phenols is 3. The predicted molar refractivity (Wildman–Crippen MR) is 154 cm³/mol. The molecule has 1 aromatic heterocycles. The third-order valence-corrected chi connectivity index (χ3v) is 7.97. The highest BCUT2D eigenvalue weighted by atomic mass is 16.7. The van der Waals surface area contributed by atoms with Crippen LogP contribution in [0, 0.1) is 0 Å². The zero-order valence-electron chi connectivity index (χ0n) is 24.6. The van der Waals surface area contributed by atoms with Gasteiger partial charge in [-0.2, -0.15) is 0 Å². The molecule has 0 saturated carbocycles. The Morgan fingerprint density at radius 2 is 1.48 bits per heavy atom. The Balaban J connectivity index is 1.63. The lowest BCUT2D eigenvalue weighted by molar-refractivity contribution is -0.342. The molecule has 10 N–H and O–H groups in total. The van der Waals surface area contributed by atoms with Gasteiger partial charge < -0.3 is 74.4 Å². The third-order valence-electron chi connectivity index (χ3n) is 7.97. The van der Waals surface area contributed by atoms with Crippen LogP contribution in [0.2, 0.25) is 0 Å². The molecule has 0 amide bonds. The van der Waals surface area contributed by atoms with E-state index in [-0.39, 0.29) is 17.1 Å². The summed E-state index contributed by atoms with van der Waals surface area (Å²) >= 11 is 0. The zero-order valence-corrected chi connectivity index (χ0v) is 24.6. The highest BCUT2D eigenvalue weighted by molar-refractivity contribution is 5.90. The van der Waals surface area contributed by atoms with Crippen LogP contribution in [0.1, 0.15) is 18.1 Å². The van der Waals surface area contributed by atoms with Gasteiger partial charge in [0.25, 0.3) is 0 Å². The minimum atomic E-state index is -2.07. The van der Waals surface area contributed by atoms with Crippen LogP contribution in [0.3, 0.4) is 0 Å². The van der Waals surface area contributed by atoms with Gasteiger partial charge in [-0.15, -0.1) is 0 Å². The Labute approximate surface area is 268 Å². The van der Waals surface area contributed by atoms with Crippen molar-refractivity contribution in [1.29, 1.82) is 0 Å². The molecular weight excluding hydrogens is 648 g/mol. The van der Waals surface area contributed by atoms with Crippen molar-refractivity contribution in [3.8, 4) is 28.6 Å². The van der Waals surface area contributed by atoms with E-state index in [9.17, 15) is 60.3 Å². The number of carbonyl (C=O) groups is 2. The largest absolute Gasteiger partial charge is 0.508 e. The van der Waals surface area contributed by atoms with Crippen LogP contribution in [-0.2, 0) is 28.5 Å². The number of aliphatic carboxylic acids is 1. The number of aromatic hydroxyl groups is 3. The number of carboxylic acid groups (broad SMARTS) is 1. The summed E-state index contributed by atoms with van der Waals surface area (Å²) in [6.07, 6.45) is -19.6. The van der Waals surface area contributed by atoms with Crippen LogP contribution < -0.4 is 5.43 Å². The molecular formula is C30H32O18. The van der Waals surface area contributed by atoms with E-state index >= 15 is 0 Å². The van der Waals surface area contributed by atoms with Crippen molar-refractivity contribution in [3.05, 3.63) is 52.2 Å². The van der Waals surface area contributed by atoms with Gasteiger partial charge in [0.1, 0.15) is 96.4 Å². The van der Waals surface area contributed by atoms with E-state index in [4.69, 9.17) is 28.5 Å². The average Bonchev–Trinajstić information content (AvgIpc) is 3.03. The summed E-state index contributed by atoms with van der Waals surface area (Å²) in [7, 11) is 0. The Kier molecular flexibility index (Phi) is 10.2. The van der Waals surface area contributed by atoms with E-state index in [1.807, 2.05) is 0 Å². The van der Waals surface area contributed by atoms with Crippen molar-refractivity contribution in [2.24, 2.45) is 0 Å². The minimum absolute atomic E-state index is 0.107. The summed E-state index contributed by atoms with van der Waals surface area (Å²) in [4.78, 5) is 36.1. The van der Waals surface area contributed by atoms with Gasteiger partial charge in [-0.25, -0.2) is 0 Å². The van der Waals surface area contributed by atoms with Crippen LogP contribution in [-0.4, -0.2) is 131 Å². The van der Waals surface area contributed by atoms with E-state index in [0.29, 0.717) is 0 Å². The molecule has 0 radical (unpaired) electrons. The Morgan fingerprint density at radius 3 is 2.12 bits per heavy atom. The summed E-state index contributed by atoms with van der Waals surface area (Å²) in [6.45, 7) is -1.69. The van der Waals surface area contributed by atoms with E-state index in [2.05, 4.69) is 0 Å². The number of aliphatic hydroxyl groups excluding tert-OH is 6. The van der Waals surface area contributed by atoms with E-state index in [1.54, 1.807) is 0 Å². The molecule has 2 saturated heterocycles. The highest BCUT2D eigenvalue weighted by Crippen LogP contribution is 2.45. The van der Waals surface area contributed by atoms with Crippen molar-refractivity contribution in [1.82, 2.24) is 0 Å². The molecule has 3 heterocycles. The van der Waals surface area contributed by atoms with Gasteiger partial charge in [0.2, 0.25) is 0 Å². The lowest BCUT2D eigenvalue weighted by atomic mass is 9.89. The Bertz CT molecular complexity index is 1700. The van der Waals surface area contributed by atoms with E-state index in [1.165, 1.54) is 24.3 Å². The number of benzene rings is 2. The van der Waals surface area contributed by atoms with Gasteiger partial charge in [0.05, 0.1) is 12.2 Å². The van der Waals surface area contributed by atoms with Crippen LogP contribution in [0.25, 0.3) is 22.3 Å². The second kappa shape index (κ2) is 14.0. The molecule has 5 rings (SSSR count). The lowest BCUT2D eigenvalue weighted by Gasteiger charge is -2.46.